The van der Waals surface area contributed by atoms with Crippen LogP contribution in [0.1, 0.15) is 6.92 Å². The van der Waals surface area contributed by atoms with Gasteiger partial charge in [0.15, 0.2) is 0 Å². The van der Waals surface area contributed by atoms with Crippen LogP contribution in [0.25, 0.3) is 0 Å². The summed E-state index contributed by atoms with van der Waals surface area (Å²) in [5.41, 5.74) is -0.154. The van der Waals surface area contributed by atoms with Gasteiger partial charge in [0.05, 0.1) is 19.0 Å². The molecule has 1 rings (SSSR count). The molecule has 0 saturated carbocycles. The molecule has 0 amide bonds. The topological polar surface area (TPSA) is 73.2 Å². The van der Waals surface area contributed by atoms with Crippen molar-refractivity contribution in [1.29, 1.82) is 0 Å². The molecule has 98 valence electrons. The molecule has 0 bridgehead atoms. The van der Waals surface area contributed by atoms with E-state index in [1.54, 1.807) is 6.08 Å². The summed E-state index contributed by atoms with van der Waals surface area (Å²) in [6.45, 7) is 5.19. The Morgan fingerprint density at radius 1 is 1.78 bits per heavy atom. The van der Waals surface area contributed by atoms with Crippen LogP contribution in [0.15, 0.2) is 23.6 Å². The van der Waals surface area contributed by atoms with Gasteiger partial charge in [-0.1, -0.05) is 17.7 Å². The van der Waals surface area contributed by atoms with Crippen molar-refractivity contribution < 1.29 is 9.53 Å². The maximum atomic E-state index is 11.8. The number of esters is 1. The zero-order chi connectivity index (χ0) is 13.7. The second kappa shape index (κ2) is 6.20. The third-order valence-electron chi connectivity index (χ3n) is 2.23. The highest BCUT2D eigenvalue weighted by atomic mass is 35.5. The molecule has 0 saturated heterocycles. The largest absolute Gasteiger partial charge is 0.468 e. The molecular weight excluding hydrogens is 258 g/mol. The summed E-state index contributed by atoms with van der Waals surface area (Å²) in [5, 5.41) is 6.76. The van der Waals surface area contributed by atoms with E-state index in [0.717, 1.165) is 4.68 Å². The lowest BCUT2D eigenvalue weighted by molar-refractivity contribution is -0.141. The van der Waals surface area contributed by atoms with Crippen LogP contribution in [-0.4, -0.2) is 28.9 Å². The zero-order valence-electron chi connectivity index (χ0n) is 10.1. The quantitative estimate of drug-likeness (QED) is 0.640. The molecule has 18 heavy (non-hydrogen) atoms. The number of nitrogens with zero attached hydrogens (tertiary/aromatic N) is 2. The number of nitrogens with one attached hydrogen (secondary N) is 1. The van der Waals surface area contributed by atoms with E-state index in [9.17, 15) is 9.59 Å². The second-order valence-electron chi connectivity index (χ2n) is 3.58. The van der Waals surface area contributed by atoms with Gasteiger partial charge >= 0.3 is 5.97 Å². The van der Waals surface area contributed by atoms with Gasteiger partial charge in [0.1, 0.15) is 11.6 Å². The molecule has 1 atom stereocenters. The minimum Gasteiger partial charge on any atom is -0.468 e. The maximum Gasteiger partial charge on any atom is 0.327 e. The first-order chi connectivity index (χ1) is 8.49. The smallest absolute Gasteiger partial charge is 0.327 e. The van der Waals surface area contributed by atoms with Crippen molar-refractivity contribution in [2.45, 2.75) is 19.5 Å². The van der Waals surface area contributed by atoms with Gasteiger partial charge in [-0.2, -0.15) is 5.10 Å². The Bertz CT molecular complexity index is 513. The highest BCUT2D eigenvalue weighted by Gasteiger charge is 2.12. The van der Waals surface area contributed by atoms with E-state index in [1.165, 1.54) is 13.3 Å². The van der Waals surface area contributed by atoms with Crippen molar-refractivity contribution in [2.24, 2.45) is 0 Å². The van der Waals surface area contributed by atoms with Gasteiger partial charge in [-0.05, 0) is 6.92 Å². The lowest BCUT2D eigenvalue weighted by Crippen LogP contribution is -2.28. The molecule has 0 aromatic carbocycles. The van der Waals surface area contributed by atoms with E-state index in [-0.39, 0.29) is 17.6 Å². The average molecular weight is 272 g/mol. The molecule has 0 aliphatic carbocycles. The van der Waals surface area contributed by atoms with Crippen LogP contribution in [0, 0.1) is 0 Å². The van der Waals surface area contributed by atoms with Gasteiger partial charge in [-0.25, -0.2) is 4.68 Å². The summed E-state index contributed by atoms with van der Waals surface area (Å²) < 4.78 is 5.39. The van der Waals surface area contributed by atoms with E-state index < -0.39 is 11.5 Å². The van der Waals surface area contributed by atoms with Crippen molar-refractivity contribution in [1.82, 2.24) is 9.78 Å². The number of anilines is 1. The van der Waals surface area contributed by atoms with Crippen LogP contribution in [0.2, 0.25) is 5.02 Å². The number of carbonyl (C=O) groups excluding carboxylic acids is 1. The predicted octanol–water partition coefficient (Wildman–Crippen LogP) is 1.06. The van der Waals surface area contributed by atoms with Gasteiger partial charge in [0.2, 0.25) is 0 Å². The van der Waals surface area contributed by atoms with Crippen LogP contribution in [0.3, 0.4) is 0 Å². The second-order valence-corrected chi connectivity index (χ2v) is 3.96. The molecule has 7 heteroatoms. The molecule has 0 aliphatic heterocycles. The highest BCUT2D eigenvalue weighted by Crippen LogP contribution is 2.16. The first-order valence-corrected chi connectivity index (χ1v) is 5.59. The molecule has 6 nitrogen and oxygen atoms in total. The van der Waals surface area contributed by atoms with Crippen molar-refractivity contribution in [2.75, 3.05) is 12.4 Å². The molecule has 1 N–H and O–H groups in total. The van der Waals surface area contributed by atoms with Crippen LogP contribution in [0.4, 0.5) is 5.69 Å². The number of hydrogen-bond donors (Lipinski definition) is 1. The standard InChI is InChI=1S/C11H14ClN3O3/c1-4-7(2)14-8-5-13-15(6-9(16)18-3)11(17)10(8)12/h4-5,7,14H,1,6H2,2-3H3. The number of aromatic nitrogens is 2. The van der Waals surface area contributed by atoms with Gasteiger partial charge in [-0.15, -0.1) is 6.58 Å². The molecule has 1 aromatic heterocycles. The molecule has 0 fully saturated rings. The summed E-state index contributed by atoms with van der Waals surface area (Å²) in [6, 6.07) is -0.0554. The summed E-state index contributed by atoms with van der Waals surface area (Å²) >= 11 is 5.90. The van der Waals surface area contributed by atoms with E-state index in [1.807, 2.05) is 6.92 Å². The van der Waals surface area contributed by atoms with Crippen molar-refractivity contribution in [3.8, 4) is 0 Å². The number of ether oxygens (including phenoxy) is 1. The fourth-order valence-electron chi connectivity index (χ4n) is 1.17. The highest BCUT2D eigenvalue weighted by molar-refractivity contribution is 6.32. The van der Waals surface area contributed by atoms with Crippen LogP contribution in [0.5, 0.6) is 0 Å². The van der Waals surface area contributed by atoms with Crippen molar-refractivity contribution in [3.05, 3.63) is 34.2 Å². The molecule has 0 radical (unpaired) electrons. The minimum absolute atomic E-state index is 0.0254. The number of hydrogen-bond acceptors (Lipinski definition) is 5. The Hall–Kier alpha value is -1.82. The Balaban J connectivity index is 3.01. The van der Waals surface area contributed by atoms with Gasteiger partial charge in [0, 0.05) is 6.04 Å². The Morgan fingerprint density at radius 2 is 2.44 bits per heavy atom. The Kier molecular flexibility index (Phi) is 4.91. The monoisotopic (exact) mass is 271 g/mol. The van der Waals surface area contributed by atoms with Gasteiger partial charge < -0.3 is 10.1 Å². The summed E-state index contributed by atoms with van der Waals surface area (Å²) in [6.07, 6.45) is 3.04. The zero-order valence-corrected chi connectivity index (χ0v) is 10.9. The maximum absolute atomic E-state index is 11.8. The van der Waals surface area contributed by atoms with Gasteiger partial charge in [0.25, 0.3) is 5.56 Å². The molecule has 1 heterocycles. The fraction of sp³-hybridized carbons (Fsp3) is 0.364. The van der Waals surface area contributed by atoms with Crippen molar-refractivity contribution in [3.63, 3.8) is 0 Å². The van der Waals surface area contributed by atoms with Crippen LogP contribution >= 0.6 is 11.6 Å². The number of rotatable bonds is 5. The normalized spacial score (nSPS) is 11.7. The lowest BCUT2D eigenvalue weighted by Gasteiger charge is -2.12. The molecule has 1 unspecified atom stereocenters. The van der Waals surface area contributed by atoms with E-state index in [0.29, 0.717) is 5.69 Å². The summed E-state index contributed by atoms with van der Waals surface area (Å²) in [5.74, 6) is -0.569. The first kappa shape index (κ1) is 14.2. The van der Waals surface area contributed by atoms with Gasteiger partial charge in [-0.3, -0.25) is 9.59 Å². The summed E-state index contributed by atoms with van der Waals surface area (Å²) in [7, 11) is 1.23. The number of methoxy groups -OCH3 is 1. The Labute approximate surface area is 109 Å². The van der Waals surface area contributed by atoms with E-state index >= 15 is 0 Å². The first-order valence-electron chi connectivity index (χ1n) is 5.21. The average Bonchev–Trinajstić information content (AvgIpc) is 2.37. The minimum atomic E-state index is -0.569. The van der Waals surface area contributed by atoms with Crippen molar-refractivity contribution >= 4 is 23.3 Å². The third-order valence-corrected chi connectivity index (χ3v) is 2.59. The molecule has 0 spiro atoms. The third kappa shape index (κ3) is 3.33. The molecule has 0 aliphatic rings. The number of carbonyl (C=O) groups is 1. The van der Waals surface area contributed by atoms with Crippen LogP contribution < -0.4 is 10.9 Å². The fourth-order valence-corrected chi connectivity index (χ4v) is 1.37. The lowest BCUT2D eigenvalue weighted by atomic mass is 10.3. The molecular formula is C11H14ClN3O3. The SMILES string of the molecule is C=CC(C)Nc1cnn(CC(=O)OC)c(=O)c1Cl. The predicted molar refractivity (Wildman–Crippen MR) is 68.8 cm³/mol. The Morgan fingerprint density at radius 3 is 3.00 bits per heavy atom. The van der Waals surface area contributed by atoms with E-state index in [2.05, 4.69) is 21.7 Å². The van der Waals surface area contributed by atoms with E-state index in [4.69, 9.17) is 11.6 Å². The number of halogens is 1. The molecule has 1 aromatic rings. The van der Waals surface area contributed by atoms with Crippen LogP contribution in [-0.2, 0) is 16.1 Å². The summed E-state index contributed by atoms with van der Waals surface area (Å²) in [4.78, 5) is 22.9.